The molecule has 0 aliphatic carbocycles. The van der Waals surface area contributed by atoms with Crippen LogP contribution in [0.1, 0.15) is 66.2 Å². The summed E-state index contributed by atoms with van der Waals surface area (Å²) in [7, 11) is 0. The SMILES string of the molecule is Br.Br.CCCC.CCCCn1ccnc1.CCCCn1ccnc1. The molecule has 0 radical (unpaired) electrons. The molecule has 24 heavy (non-hydrogen) atoms. The van der Waals surface area contributed by atoms with Crippen molar-refractivity contribution in [2.45, 2.75) is 79.3 Å². The Balaban J connectivity index is -0.000000283. The number of nitrogens with zero attached hydrogens (tertiary/aromatic N) is 4. The molecule has 0 fully saturated rings. The summed E-state index contributed by atoms with van der Waals surface area (Å²) >= 11 is 0. The molecule has 6 heteroatoms. The molecule has 0 aliphatic heterocycles. The number of imidazole rings is 2. The fraction of sp³-hybridized carbons (Fsp3) is 0.667. The Morgan fingerprint density at radius 1 is 0.625 bits per heavy atom. The molecule has 0 bridgehead atoms. The third-order valence-electron chi connectivity index (χ3n) is 3.16. The minimum absolute atomic E-state index is 0. The maximum absolute atomic E-state index is 3.94. The number of halogens is 2. The van der Waals surface area contributed by atoms with Crippen LogP contribution in [0.4, 0.5) is 0 Å². The number of aromatic nitrogens is 4. The molecule has 4 nitrogen and oxygen atoms in total. The minimum Gasteiger partial charge on any atom is -0.337 e. The summed E-state index contributed by atoms with van der Waals surface area (Å²) < 4.78 is 4.20. The van der Waals surface area contributed by atoms with Gasteiger partial charge in [0.05, 0.1) is 12.7 Å². The zero-order valence-electron chi connectivity index (χ0n) is 15.7. The van der Waals surface area contributed by atoms with Gasteiger partial charge in [0.15, 0.2) is 0 Å². The highest BCUT2D eigenvalue weighted by Crippen LogP contribution is 1.93. The summed E-state index contributed by atoms with van der Waals surface area (Å²) in [6, 6.07) is 0. The lowest BCUT2D eigenvalue weighted by molar-refractivity contribution is 0.631. The zero-order chi connectivity index (χ0) is 16.5. The van der Waals surface area contributed by atoms with Gasteiger partial charge in [-0.2, -0.15) is 0 Å². The molecule has 0 saturated carbocycles. The fourth-order valence-electron chi connectivity index (χ4n) is 1.52. The molecule has 0 spiro atoms. The molecule has 0 aromatic carbocycles. The van der Waals surface area contributed by atoms with Crippen LogP contribution in [-0.4, -0.2) is 19.1 Å². The first-order chi connectivity index (χ1) is 10.8. The van der Waals surface area contributed by atoms with Gasteiger partial charge in [-0.3, -0.25) is 0 Å². The van der Waals surface area contributed by atoms with Crippen LogP contribution >= 0.6 is 34.0 Å². The van der Waals surface area contributed by atoms with E-state index in [-0.39, 0.29) is 34.0 Å². The van der Waals surface area contributed by atoms with Crippen molar-refractivity contribution in [3.63, 3.8) is 0 Å². The number of hydrogen-bond donors (Lipinski definition) is 0. The number of hydrogen-bond acceptors (Lipinski definition) is 2. The van der Waals surface area contributed by atoms with E-state index in [1.165, 1.54) is 38.5 Å². The van der Waals surface area contributed by atoms with Crippen molar-refractivity contribution in [3.05, 3.63) is 37.4 Å². The number of rotatable bonds is 7. The molecular weight excluding hydrogens is 432 g/mol. The van der Waals surface area contributed by atoms with Gasteiger partial charge in [-0.05, 0) is 12.8 Å². The first-order valence-corrected chi connectivity index (χ1v) is 8.69. The van der Waals surface area contributed by atoms with Crippen molar-refractivity contribution in [2.75, 3.05) is 0 Å². The van der Waals surface area contributed by atoms with Gasteiger partial charge in [0.25, 0.3) is 0 Å². The quantitative estimate of drug-likeness (QED) is 0.476. The van der Waals surface area contributed by atoms with Gasteiger partial charge < -0.3 is 9.13 Å². The molecular formula is C18H36Br2N4. The Labute approximate surface area is 169 Å². The van der Waals surface area contributed by atoms with Crippen LogP contribution in [0.25, 0.3) is 0 Å². The highest BCUT2D eigenvalue weighted by Gasteiger charge is 1.86. The zero-order valence-corrected chi connectivity index (χ0v) is 19.2. The lowest BCUT2D eigenvalue weighted by Crippen LogP contribution is -1.92. The Bertz CT molecular complexity index is 362. The molecule has 2 aromatic rings. The normalized spacial score (nSPS) is 8.67. The smallest absolute Gasteiger partial charge is 0.0945 e. The third kappa shape index (κ3) is 17.7. The second-order valence-electron chi connectivity index (χ2n) is 5.31. The Morgan fingerprint density at radius 2 is 1.00 bits per heavy atom. The van der Waals surface area contributed by atoms with Crippen LogP contribution in [0.15, 0.2) is 37.4 Å². The summed E-state index contributed by atoms with van der Waals surface area (Å²) in [6.07, 6.45) is 19.0. The van der Waals surface area contributed by atoms with Gasteiger partial charge in [-0.25, -0.2) is 9.97 Å². The summed E-state index contributed by atoms with van der Waals surface area (Å²) in [5, 5.41) is 0. The van der Waals surface area contributed by atoms with Crippen LogP contribution in [0, 0.1) is 0 Å². The molecule has 0 N–H and O–H groups in total. The van der Waals surface area contributed by atoms with E-state index in [4.69, 9.17) is 0 Å². The van der Waals surface area contributed by atoms with Crippen molar-refractivity contribution in [1.29, 1.82) is 0 Å². The van der Waals surface area contributed by atoms with Crippen LogP contribution in [0.5, 0.6) is 0 Å². The molecule has 0 atom stereocenters. The summed E-state index contributed by atoms with van der Waals surface area (Å²) in [5.74, 6) is 0. The number of aryl methyl sites for hydroxylation is 2. The van der Waals surface area contributed by atoms with Gasteiger partial charge in [0.1, 0.15) is 0 Å². The van der Waals surface area contributed by atoms with Crippen LogP contribution in [-0.2, 0) is 13.1 Å². The maximum Gasteiger partial charge on any atom is 0.0945 e. The van der Waals surface area contributed by atoms with E-state index in [9.17, 15) is 0 Å². The Kier molecular flexibility index (Phi) is 26.3. The van der Waals surface area contributed by atoms with E-state index in [1.54, 1.807) is 0 Å². The molecule has 142 valence electrons. The molecule has 2 heterocycles. The topological polar surface area (TPSA) is 35.6 Å². The van der Waals surface area contributed by atoms with E-state index in [2.05, 4.69) is 46.8 Å². The fourth-order valence-corrected chi connectivity index (χ4v) is 1.52. The van der Waals surface area contributed by atoms with Crippen LogP contribution in [0.3, 0.4) is 0 Å². The predicted molar refractivity (Wildman–Crippen MR) is 115 cm³/mol. The molecule has 0 amide bonds. The largest absolute Gasteiger partial charge is 0.337 e. The van der Waals surface area contributed by atoms with Crippen LogP contribution in [0.2, 0.25) is 0 Å². The summed E-state index contributed by atoms with van der Waals surface area (Å²) in [6.45, 7) is 11.0. The van der Waals surface area contributed by atoms with Gasteiger partial charge in [-0.15, -0.1) is 34.0 Å². The van der Waals surface area contributed by atoms with E-state index >= 15 is 0 Å². The lowest BCUT2D eigenvalue weighted by Gasteiger charge is -1.96. The Hall–Kier alpha value is -0.620. The van der Waals surface area contributed by atoms with Gasteiger partial charge in [-0.1, -0.05) is 53.4 Å². The average Bonchev–Trinajstić information content (AvgIpc) is 3.25. The maximum atomic E-state index is 3.94. The van der Waals surface area contributed by atoms with Crippen molar-refractivity contribution in [3.8, 4) is 0 Å². The summed E-state index contributed by atoms with van der Waals surface area (Å²) in [5.41, 5.74) is 0. The van der Waals surface area contributed by atoms with Crippen molar-refractivity contribution >= 4 is 34.0 Å². The first-order valence-electron chi connectivity index (χ1n) is 8.69. The molecule has 0 unspecified atom stereocenters. The number of unbranched alkanes of at least 4 members (excludes halogenated alkanes) is 3. The van der Waals surface area contributed by atoms with E-state index in [0.717, 1.165) is 13.1 Å². The van der Waals surface area contributed by atoms with Gasteiger partial charge >= 0.3 is 0 Å². The van der Waals surface area contributed by atoms with Crippen molar-refractivity contribution in [2.24, 2.45) is 0 Å². The first kappa shape index (κ1) is 28.2. The van der Waals surface area contributed by atoms with Gasteiger partial charge in [0.2, 0.25) is 0 Å². The summed E-state index contributed by atoms with van der Waals surface area (Å²) in [4.78, 5) is 7.88. The average molecular weight is 468 g/mol. The molecule has 0 aliphatic rings. The highest BCUT2D eigenvalue weighted by atomic mass is 79.9. The lowest BCUT2D eigenvalue weighted by atomic mass is 10.3. The van der Waals surface area contributed by atoms with Crippen molar-refractivity contribution in [1.82, 2.24) is 19.1 Å². The van der Waals surface area contributed by atoms with E-state index < -0.39 is 0 Å². The molecule has 2 rings (SSSR count). The van der Waals surface area contributed by atoms with Gasteiger partial charge in [0, 0.05) is 37.9 Å². The van der Waals surface area contributed by atoms with E-state index in [1.807, 2.05) is 37.4 Å². The van der Waals surface area contributed by atoms with E-state index in [0.29, 0.717) is 0 Å². The molecule has 2 aromatic heterocycles. The third-order valence-corrected chi connectivity index (χ3v) is 3.16. The monoisotopic (exact) mass is 466 g/mol. The predicted octanol–water partition coefficient (Wildman–Crippen LogP) is 6.33. The second-order valence-corrected chi connectivity index (χ2v) is 5.31. The van der Waals surface area contributed by atoms with Crippen molar-refractivity contribution < 1.29 is 0 Å². The Morgan fingerprint density at radius 3 is 1.21 bits per heavy atom. The molecule has 0 saturated heterocycles. The van der Waals surface area contributed by atoms with Crippen LogP contribution < -0.4 is 0 Å². The minimum atomic E-state index is 0. The highest BCUT2D eigenvalue weighted by molar-refractivity contribution is 8.93. The standard InChI is InChI=1S/2C7H12N2.C4H10.2BrH/c2*1-2-3-5-9-6-4-8-7-9;1-3-4-2;;/h2*4,6-7H,2-3,5H2,1H3;3-4H2,1-2H3;2*1H. The second kappa shape index (κ2) is 22.4.